The molecule has 1 aliphatic rings. The molecular formula is C30H29Cl2FN6O4. The van der Waals surface area contributed by atoms with Crippen molar-refractivity contribution >= 4 is 34.8 Å². The van der Waals surface area contributed by atoms with E-state index in [1.165, 1.54) is 20.2 Å². The number of halogens is 3. The van der Waals surface area contributed by atoms with Crippen molar-refractivity contribution in [2.24, 2.45) is 7.05 Å². The van der Waals surface area contributed by atoms with Crippen LogP contribution in [-0.2, 0) is 13.6 Å². The Bertz CT molecular complexity index is 1730. The number of anilines is 1. The van der Waals surface area contributed by atoms with Crippen LogP contribution in [0.3, 0.4) is 0 Å². The zero-order valence-electron chi connectivity index (χ0n) is 23.4. The van der Waals surface area contributed by atoms with Gasteiger partial charge in [0.15, 0.2) is 5.69 Å². The highest BCUT2D eigenvalue weighted by Gasteiger charge is 2.24. The standard InChI is InChI=1S/C30H29Cl2FN6O4/c1-39-30(42)27(35-15-36-39)28(41)37-23-13-17(33)12-20(26(23)32)18-6-5-7-19(25(18)31)21-11-10-16(29(38-21)43-2)14-34-22-8-3-4-9-24(22)40/h5-7,10-13,15,22,24,34,40H,3-4,8-9,14H2,1-2H3,(H,37,41)/t22?,24-/m0/s1. The molecule has 224 valence electrons. The third-order valence-electron chi connectivity index (χ3n) is 7.39. The number of pyridine rings is 1. The molecule has 2 aromatic carbocycles. The molecule has 4 aromatic rings. The number of aliphatic hydroxyl groups excluding tert-OH is 1. The van der Waals surface area contributed by atoms with Gasteiger partial charge in [0.1, 0.15) is 12.1 Å². The fourth-order valence-electron chi connectivity index (χ4n) is 5.09. The van der Waals surface area contributed by atoms with Gasteiger partial charge in [0.2, 0.25) is 5.88 Å². The van der Waals surface area contributed by atoms with Gasteiger partial charge in [-0.05, 0) is 31.0 Å². The number of nitrogens with zero attached hydrogens (tertiary/aromatic N) is 4. The van der Waals surface area contributed by atoms with E-state index in [2.05, 4.69) is 25.7 Å². The molecule has 2 heterocycles. The number of hydrogen-bond acceptors (Lipinski definition) is 8. The van der Waals surface area contributed by atoms with Gasteiger partial charge < -0.3 is 20.5 Å². The van der Waals surface area contributed by atoms with Gasteiger partial charge in [-0.15, -0.1) is 0 Å². The number of methoxy groups -OCH3 is 1. The lowest BCUT2D eigenvalue weighted by Gasteiger charge is -2.28. The first-order valence-electron chi connectivity index (χ1n) is 13.6. The Morgan fingerprint density at radius 3 is 2.65 bits per heavy atom. The van der Waals surface area contributed by atoms with Crippen LogP contribution in [0.5, 0.6) is 5.88 Å². The van der Waals surface area contributed by atoms with Crippen molar-refractivity contribution in [2.45, 2.75) is 44.4 Å². The van der Waals surface area contributed by atoms with Gasteiger partial charge in [0.25, 0.3) is 11.5 Å². The van der Waals surface area contributed by atoms with Crippen molar-refractivity contribution in [3.8, 4) is 28.3 Å². The quantitative estimate of drug-likeness (QED) is 0.249. The highest BCUT2D eigenvalue weighted by molar-refractivity contribution is 6.39. The number of aromatic nitrogens is 4. The maximum atomic E-state index is 14.8. The highest BCUT2D eigenvalue weighted by Crippen LogP contribution is 2.42. The first-order valence-corrected chi connectivity index (χ1v) is 14.4. The summed E-state index contributed by atoms with van der Waals surface area (Å²) in [6, 6.07) is 11.1. The molecule has 5 rings (SSSR count). The smallest absolute Gasteiger partial charge is 0.298 e. The third kappa shape index (κ3) is 6.54. The van der Waals surface area contributed by atoms with Gasteiger partial charge in [-0.2, -0.15) is 5.10 Å². The van der Waals surface area contributed by atoms with E-state index in [9.17, 15) is 19.1 Å². The van der Waals surface area contributed by atoms with Crippen LogP contribution < -0.4 is 20.9 Å². The molecule has 0 aliphatic heterocycles. The van der Waals surface area contributed by atoms with E-state index < -0.39 is 23.0 Å². The summed E-state index contributed by atoms with van der Waals surface area (Å²) in [5, 5.41) is 20.1. The lowest BCUT2D eigenvalue weighted by atomic mass is 9.92. The Kier molecular flexibility index (Phi) is 9.36. The average molecular weight is 628 g/mol. The number of benzene rings is 2. The molecule has 1 fully saturated rings. The number of carbonyl (C=O) groups is 1. The molecule has 1 aliphatic carbocycles. The summed E-state index contributed by atoms with van der Waals surface area (Å²) in [5.74, 6) is -1.15. The number of ether oxygens (including phenoxy) is 1. The summed E-state index contributed by atoms with van der Waals surface area (Å²) in [7, 11) is 2.91. The van der Waals surface area contributed by atoms with Crippen LogP contribution in [0.25, 0.3) is 22.4 Å². The Labute approximate surface area is 256 Å². The van der Waals surface area contributed by atoms with Crippen molar-refractivity contribution in [1.29, 1.82) is 0 Å². The topological polar surface area (TPSA) is 131 Å². The second kappa shape index (κ2) is 13.2. The van der Waals surface area contributed by atoms with E-state index >= 15 is 0 Å². The Morgan fingerprint density at radius 2 is 1.88 bits per heavy atom. The van der Waals surface area contributed by atoms with Gasteiger partial charge in [-0.1, -0.05) is 60.3 Å². The maximum Gasteiger partial charge on any atom is 0.298 e. The van der Waals surface area contributed by atoms with Crippen LogP contribution in [0.1, 0.15) is 41.7 Å². The predicted octanol–water partition coefficient (Wildman–Crippen LogP) is 5.00. The number of aliphatic hydroxyl groups is 1. The van der Waals surface area contributed by atoms with E-state index in [-0.39, 0.29) is 33.4 Å². The minimum atomic E-state index is -0.870. The van der Waals surface area contributed by atoms with Crippen LogP contribution in [0.15, 0.2) is 53.6 Å². The second-order valence-electron chi connectivity index (χ2n) is 10.2. The molecule has 13 heteroatoms. The molecule has 43 heavy (non-hydrogen) atoms. The maximum absolute atomic E-state index is 14.8. The number of hydrogen-bond donors (Lipinski definition) is 3. The lowest BCUT2D eigenvalue weighted by molar-refractivity contribution is 0.0901. The monoisotopic (exact) mass is 626 g/mol. The van der Waals surface area contributed by atoms with Gasteiger partial charge in [-0.25, -0.2) is 19.0 Å². The van der Waals surface area contributed by atoms with Crippen LogP contribution >= 0.6 is 23.2 Å². The number of amides is 1. The minimum Gasteiger partial charge on any atom is -0.481 e. The predicted molar refractivity (Wildman–Crippen MR) is 162 cm³/mol. The number of nitrogens with one attached hydrogen (secondary N) is 2. The largest absolute Gasteiger partial charge is 0.481 e. The number of aryl methyl sites for hydroxylation is 1. The van der Waals surface area contributed by atoms with Crippen LogP contribution in [0.4, 0.5) is 10.1 Å². The minimum absolute atomic E-state index is 0.0107. The summed E-state index contributed by atoms with van der Waals surface area (Å²) >= 11 is 13.5. The molecule has 0 bridgehead atoms. The van der Waals surface area contributed by atoms with Crippen molar-refractivity contribution < 1.29 is 19.0 Å². The molecule has 2 aromatic heterocycles. The molecule has 2 atom stereocenters. The van der Waals surface area contributed by atoms with E-state index in [4.69, 9.17) is 27.9 Å². The third-order valence-corrected chi connectivity index (χ3v) is 8.20. The molecule has 0 saturated heterocycles. The van der Waals surface area contributed by atoms with E-state index in [0.717, 1.165) is 48.3 Å². The summed E-state index contributed by atoms with van der Waals surface area (Å²) in [5.41, 5.74) is 1.30. The van der Waals surface area contributed by atoms with Crippen molar-refractivity contribution in [3.05, 3.63) is 86.3 Å². The van der Waals surface area contributed by atoms with E-state index in [1.54, 1.807) is 18.2 Å². The Hall–Kier alpha value is -3.90. The fourth-order valence-corrected chi connectivity index (χ4v) is 5.68. The first kappa shape index (κ1) is 30.6. The molecule has 1 saturated carbocycles. The number of carbonyl (C=O) groups excluding carboxylic acids is 1. The normalized spacial score (nSPS) is 16.6. The average Bonchev–Trinajstić information content (AvgIpc) is 3.00. The van der Waals surface area contributed by atoms with E-state index in [0.29, 0.717) is 29.2 Å². The molecular weight excluding hydrogens is 598 g/mol. The molecule has 0 spiro atoms. The molecule has 1 amide bonds. The van der Waals surface area contributed by atoms with Crippen molar-refractivity contribution in [1.82, 2.24) is 25.1 Å². The fraction of sp³-hybridized carbons (Fsp3) is 0.300. The van der Waals surface area contributed by atoms with Gasteiger partial charge in [0.05, 0.1) is 34.6 Å². The summed E-state index contributed by atoms with van der Waals surface area (Å²) in [4.78, 5) is 33.5. The molecule has 10 nitrogen and oxygen atoms in total. The first-order chi connectivity index (χ1) is 20.7. The summed E-state index contributed by atoms with van der Waals surface area (Å²) in [6.45, 7) is 0.473. The highest BCUT2D eigenvalue weighted by atomic mass is 35.5. The van der Waals surface area contributed by atoms with Gasteiger partial charge in [-0.3, -0.25) is 9.59 Å². The molecule has 3 N–H and O–H groups in total. The Morgan fingerprint density at radius 1 is 1.12 bits per heavy atom. The molecule has 0 radical (unpaired) electrons. The van der Waals surface area contributed by atoms with E-state index in [1.807, 2.05) is 12.1 Å². The van der Waals surface area contributed by atoms with Crippen LogP contribution in [-0.4, -0.2) is 50.0 Å². The Balaban J connectivity index is 1.44. The van der Waals surface area contributed by atoms with Crippen LogP contribution in [0, 0.1) is 5.82 Å². The van der Waals surface area contributed by atoms with Gasteiger partial charge in [0, 0.05) is 41.9 Å². The van der Waals surface area contributed by atoms with Gasteiger partial charge >= 0.3 is 0 Å². The van der Waals surface area contributed by atoms with Crippen molar-refractivity contribution in [3.63, 3.8) is 0 Å². The lowest BCUT2D eigenvalue weighted by Crippen LogP contribution is -2.41. The zero-order valence-corrected chi connectivity index (χ0v) is 24.9. The molecule has 1 unspecified atom stereocenters. The summed E-state index contributed by atoms with van der Waals surface area (Å²) in [6.07, 6.45) is 4.48. The summed E-state index contributed by atoms with van der Waals surface area (Å²) < 4.78 is 21.3. The zero-order chi connectivity index (χ0) is 30.7. The SMILES string of the molecule is COc1nc(-c2cccc(-c3cc(F)cc(NC(=O)c4ncnn(C)c4=O)c3Cl)c2Cl)ccc1CNC1CCCC[C@@H]1O. The van der Waals surface area contributed by atoms with Crippen LogP contribution in [0.2, 0.25) is 10.0 Å². The number of rotatable bonds is 8. The second-order valence-corrected chi connectivity index (χ2v) is 10.9. The van der Waals surface area contributed by atoms with Crippen molar-refractivity contribution in [2.75, 3.05) is 12.4 Å².